The van der Waals surface area contributed by atoms with Crippen molar-refractivity contribution < 1.29 is 9.90 Å². The topological polar surface area (TPSA) is 55.1 Å². The van der Waals surface area contributed by atoms with E-state index >= 15 is 0 Å². The number of imidazole rings is 1. The Bertz CT molecular complexity index is 615. The van der Waals surface area contributed by atoms with Crippen molar-refractivity contribution in [3.8, 4) is 0 Å². The molecule has 1 N–H and O–H groups in total. The number of aromatic nitrogens is 2. The summed E-state index contributed by atoms with van der Waals surface area (Å²) in [7, 11) is 0. The van der Waals surface area contributed by atoms with Crippen LogP contribution >= 0.6 is 11.8 Å². The number of hydrogen-bond donors (Lipinski definition) is 1. The summed E-state index contributed by atoms with van der Waals surface area (Å²) in [6, 6.07) is 5.60. The minimum Gasteiger partial charge on any atom is -0.478 e. The van der Waals surface area contributed by atoms with E-state index in [1.807, 2.05) is 18.7 Å². The molecule has 1 atom stereocenters. The zero-order chi connectivity index (χ0) is 12.7. The molecule has 5 heteroatoms. The summed E-state index contributed by atoms with van der Waals surface area (Å²) in [5, 5.41) is 9.07. The lowest BCUT2D eigenvalue weighted by Gasteiger charge is -2.14. The predicted octanol–water partition coefficient (Wildman–Crippen LogP) is 2.72. The van der Waals surface area contributed by atoms with Gasteiger partial charge in [0.05, 0.1) is 16.6 Å². The lowest BCUT2D eigenvalue weighted by atomic mass is 10.2. The Balaban J connectivity index is 2.19. The van der Waals surface area contributed by atoms with Gasteiger partial charge in [0.25, 0.3) is 0 Å². The average molecular weight is 262 g/mol. The van der Waals surface area contributed by atoms with Crippen LogP contribution in [0.3, 0.4) is 0 Å². The van der Waals surface area contributed by atoms with Crippen LogP contribution in [0.4, 0.5) is 0 Å². The molecule has 1 aliphatic heterocycles. The summed E-state index contributed by atoms with van der Waals surface area (Å²) < 4.78 is 2.20. The number of carboxylic acid groups (broad SMARTS) is 1. The third-order valence-corrected chi connectivity index (χ3v) is 4.53. The average Bonchev–Trinajstić information content (AvgIpc) is 2.93. The zero-order valence-electron chi connectivity index (χ0n) is 10.1. The molecule has 2 aromatic rings. The SMILES string of the molecule is Cc1nc2ccc(C(=O)O)cc2n1C1CCSC1. The number of aryl methyl sites for hydroxylation is 1. The maximum atomic E-state index is 11.1. The number of hydrogen-bond acceptors (Lipinski definition) is 3. The zero-order valence-corrected chi connectivity index (χ0v) is 10.9. The van der Waals surface area contributed by atoms with Gasteiger partial charge in [0, 0.05) is 11.8 Å². The van der Waals surface area contributed by atoms with Gasteiger partial charge < -0.3 is 9.67 Å². The minimum atomic E-state index is -0.886. The van der Waals surface area contributed by atoms with Gasteiger partial charge in [-0.1, -0.05) is 0 Å². The minimum absolute atomic E-state index is 0.328. The summed E-state index contributed by atoms with van der Waals surface area (Å²) in [5.41, 5.74) is 2.16. The highest BCUT2D eigenvalue weighted by atomic mass is 32.2. The Morgan fingerprint density at radius 1 is 1.56 bits per heavy atom. The molecule has 1 aromatic carbocycles. The first kappa shape index (κ1) is 11.6. The molecule has 0 bridgehead atoms. The van der Waals surface area contributed by atoms with Crippen molar-refractivity contribution in [3.05, 3.63) is 29.6 Å². The number of fused-ring (bicyclic) bond motifs is 1. The first-order valence-corrected chi connectivity index (χ1v) is 7.12. The molecule has 1 unspecified atom stereocenters. The van der Waals surface area contributed by atoms with E-state index in [9.17, 15) is 4.79 Å². The Hall–Kier alpha value is -1.49. The monoisotopic (exact) mass is 262 g/mol. The van der Waals surface area contributed by atoms with Crippen molar-refractivity contribution in [1.29, 1.82) is 0 Å². The molecule has 2 heterocycles. The van der Waals surface area contributed by atoms with E-state index in [4.69, 9.17) is 5.11 Å². The molecule has 0 saturated carbocycles. The Kier molecular flexibility index (Phi) is 2.78. The summed E-state index contributed by atoms with van der Waals surface area (Å²) in [6.07, 6.45) is 1.13. The van der Waals surface area contributed by atoms with Gasteiger partial charge in [-0.15, -0.1) is 0 Å². The summed E-state index contributed by atoms with van der Waals surface area (Å²) >= 11 is 1.94. The molecule has 1 aromatic heterocycles. The summed E-state index contributed by atoms with van der Waals surface area (Å²) in [6.45, 7) is 1.99. The molecule has 94 valence electrons. The van der Waals surface area contributed by atoms with Gasteiger partial charge in [-0.3, -0.25) is 0 Å². The van der Waals surface area contributed by atoms with Crippen LogP contribution < -0.4 is 0 Å². The Labute approximate surface area is 109 Å². The first-order chi connectivity index (χ1) is 8.66. The molecule has 1 saturated heterocycles. The van der Waals surface area contributed by atoms with Crippen molar-refractivity contribution in [2.24, 2.45) is 0 Å². The third kappa shape index (κ3) is 1.79. The Morgan fingerprint density at radius 2 is 2.39 bits per heavy atom. The maximum Gasteiger partial charge on any atom is 0.335 e. The molecule has 3 rings (SSSR count). The van der Waals surface area contributed by atoms with E-state index < -0.39 is 5.97 Å². The molecule has 18 heavy (non-hydrogen) atoms. The second-order valence-corrected chi connectivity index (χ2v) is 5.70. The van der Waals surface area contributed by atoms with E-state index in [1.54, 1.807) is 18.2 Å². The lowest BCUT2D eigenvalue weighted by Crippen LogP contribution is -2.09. The van der Waals surface area contributed by atoms with Gasteiger partial charge in [-0.25, -0.2) is 9.78 Å². The van der Waals surface area contributed by atoms with Gasteiger partial charge >= 0.3 is 5.97 Å². The van der Waals surface area contributed by atoms with E-state index in [2.05, 4.69) is 9.55 Å². The fraction of sp³-hybridized carbons (Fsp3) is 0.385. The van der Waals surface area contributed by atoms with Crippen LogP contribution in [0.1, 0.15) is 28.6 Å². The highest BCUT2D eigenvalue weighted by molar-refractivity contribution is 7.99. The van der Waals surface area contributed by atoms with Crippen molar-refractivity contribution in [2.75, 3.05) is 11.5 Å². The number of carbonyl (C=O) groups is 1. The summed E-state index contributed by atoms with van der Waals surface area (Å²) in [5.74, 6) is 2.34. The van der Waals surface area contributed by atoms with Crippen LogP contribution in [0.15, 0.2) is 18.2 Å². The lowest BCUT2D eigenvalue weighted by molar-refractivity contribution is 0.0697. The van der Waals surface area contributed by atoms with E-state index in [-0.39, 0.29) is 0 Å². The Morgan fingerprint density at radius 3 is 3.06 bits per heavy atom. The number of thioether (sulfide) groups is 1. The molecule has 1 fully saturated rings. The molecule has 0 aliphatic carbocycles. The maximum absolute atomic E-state index is 11.1. The predicted molar refractivity (Wildman–Crippen MR) is 72.4 cm³/mol. The normalized spacial score (nSPS) is 19.5. The quantitative estimate of drug-likeness (QED) is 0.904. The number of aromatic carboxylic acids is 1. The first-order valence-electron chi connectivity index (χ1n) is 5.96. The third-order valence-electron chi connectivity index (χ3n) is 3.38. The van der Waals surface area contributed by atoms with Crippen molar-refractivity contribution >= 4 is 28.8 Å². The number of nitrogens with zero attached hydrogens (tertiary/aromatic N) is 2. The van der Waals surface area contributed by atoms with E-state index in [1.165, 1.54) is 5.75 Å². The number of benzene rings is 1. The molecule has 0 radical (unpaired) electrons. The van der Waals surface area contributed by atoms with Gasteiger partial charge in [0.1, 0.15) is 5.82 Å². The second kappa shape index (κ2) is 4.31. The highest BCUT2D eigenvalue weighted by Crippen LogP contribution is 2.32. The van der Waals surface area contributed by atoms with Crippen LogP contribution in [-0.4, -0.2) is 32.1 Å². The molecular weight excluding hydrogens is 248 g/mol. The van der Waals surface area contributed by atoms with Crippen molar-refractivity contribution in [2.45, 2.75) is 19.4 Å². The van der Waals surface area contributed by atoms with Crippen LogP contribution in [0, 0.1) is 6.92 Å². The van der Waals surface area contributed by atoms with Crippen LogP contribution in [-0.2, 0) is 0 Å². The van der Waals surface area contributed by atoms with Gasteiger partial charge in [0.15, 0.2) is 0 Å². The fourth-order valence-corrected chi connectivity index (χ4v) is 3.73. The van der Waals surface area contributed by atoms with Gasteiger partial charge in [-0.05, 0) is 37.3 Å². The van der Waals surface area contributed by atoms with Gasteiger partial charge in [0.2, 0.25) is 0 Å². The van der Waals surface area contributed by atoms with Crippen LogP contribution in [0.2, 0.25) is 0 Å². The number of rotatable bonds is 2. The molecule has 1 aliphatic rings. The molecule has 0 spiro atoms. The summed E-state index contributed by atoms with van der Waals surface area (Å²) in [4.78, 5) is 15.6. The van der Waals surface area contributed by atoms with Gasteiger partial charge in [-0.2, -0.15) is 11.8 Å². The number of carboxylic acids is 1. The second-order valence-electron chi connectivity index (χ2n) is 4.56. The molecule has 0 amide bonds. The standard InChI is InChI=1S/C13H14N2O2S/c1-8-14-11-3-2-9(13(16)17)6-12(11)15(8)10-4-5-18-7-10/h2-3,6,10H,4-5,7H2,1H3,(H,16,17). The van der Waals surface area contributed by atoms with Crippen molar-refractivity contribution in [3.63, 3.8) is 0 Å². The fourth-order valence-electron chi connectivity index (χ4n) is 2.53. The van der Waals surface area contributed by atoms with Crippen molar-refractivity contribution in [1.82, 2.24) is 9.55 Å². The van der Waals surface area contributed by atoms with Crippen LogP contribution in [0.25, 0.3) is 11.0 Å². The van der Waals surface area contributed by atoms with E-state index in [0.29, 0.717) is 11.6 Å². The highest BCUT2D eigenvalue weighted by Gasteiger charge is 2.21. The largest absolute Gasteiger partial charge is 0.478 e. The molecule has 4 nitrogen and oxygen atoms in total. The van der Waals surface area contributed by atoms with E-state index in [0.717, 1.165) is 29.0 Å². The smallest absolute Gasteiger partial charge is 0.335 e. The van der Waals surface area contributed by atoms with Crippen LogP contribution in [0.5, 0.6) is 0 Å². The molecular formula is C13H14N2O2S.